The Morgan fingerprint density at radius 3 is 1.86 bits per heavy atom. The maximum atomic E-state index is 3.90. The maximum Gasteiger partial charge on any atom is -0.0173 e. The molecule has 0 aliphatic heterocycles. The molecular weight excluding hydrogens is 168 g/mol. The molecule has 0 saturated heterocycles. The molecule has 0 unspecified atom stereocenters. The Morgan fingerprint density at radius 1 is 1.07 bits per heavy atom. The molecule has 0 N–H and O–H groups in total. The molecule has 0 aromatic rings. The van der Waals surface area contributed by atoms with Crippen LogP contribution >= 0.6 is 0 Å². The first-order valence-corrected chi connectivity index (χ1v) is 4.96. The van der Waals surface area contributed by atoms with E-state index in [9.17, 15) is 0 Å². The predicted molar refractivity (Wildman–Crippen MR) is 66.3 cm³/mol. The summed E-state index contributed by atoms with van der Waals surface area (Å²) in [5.74, 6) is 0. The standard InChI is InChI=1S/C14H22/c1-8-13(11(2)3)10-9-12(4)14(5,6)7/h8-10H,1-2H2,3-7H3/b12-9+,13-10+. The average molecular weight is 190 g/mol. The van der Waals surface area contributed by atoms with Crippen LogP contribution in [-0.4, -0.2) is 0 Å². The minimum atomic E-state index is 0.234. The van der Waals surface area contributed by atoms with Gasteiger partial charge < -0.3 is 0 Å². The molecule has 0 aromatic carbocycles. The van der Waals surface area contributed by atoms with Gasteiger partial charge in [-0.25, -0.2) is 0 Å². The molecule has 0 saturated carbocycles. The Labute approximate surface area is 88.7 Å². The van der Waals surface area contributed by atoms with Gasteiger partial charge in [0.25, 0.3) is 0 Å². The first-order valence-electron chi connectivity index (χ1n) is 4.96. The van der Waals surface area contributed by atoms with E-state index in [1.54, 1.807) is 0 Å². The molecular formula is C14H22. The van der Waals surface area contributed by atoms with E-state index in [2.05, 4.69) is 53.0 Å². The quantitative estimate of drug-likeness (QED) is 0.567. The van der Waals surface area contributed by atoms with Gasteiger partial charge in [0.2, 0.25) is 0 Å². The van der Waals surface area contributed by atoms with E-state index < -0.39 is 0 Å². The molecule has 14 heavy (non-hydrogen) atoms. The van der Waals surface area contributed by atoms with E-state index in [0.29, 0.717) is 0 Å². The first-order chi connectivity index (χ1) is 6.29. The zero-order valence-electron chi connectivity index (χ0n) is 10.1. The topological polar surface area (TPSA) is 0 Å². The summed E-state index contributed by atoms with van der Waals surface area (Å²) in [4.78, 5) is 0. The highest BCUT2D eigenvalue weighted by Crippen LogP contribution is 2.24. The smallest absolute Gasteiger partial charge is 0.0173 e. The Morgan fingerprint density at radius 2 is 1.57 bits per heavy atom. The van der Waals surface area contributed by atoms with E-state index >= 15 is 0 Å². The summed E-state index contributed by atoms with van der Waals surface area (Å²) >= 11 is 0. The molecule has 0 heterocycles. The molecule has 0 radical (unpaired) electrons. The van der Waals surface area contributed by atoms with E-state index in [1.165, 1.54) is 5.57 Å². The van der Waals surface area contributed by atoms with Crippen molar-refractivity contribution in [3.8, 4) is 0 Å². The highest BCUT2D eigenvalue weighted by molar-refractivity contribution is 5.39. The third kappa shape index (κ3) is 4.27. The van der Waals surface area contributed by atoms with E-state index in [1.807, 2.05) is 13.0 Å². The van der Waals surface area contributed by atoms with Crippen molar-refractivity contribution in [2.45, 2.75) is 34.6 Å². The Hall–Kier alpha value is -1.04. The number of allylic oxidation sites excluding steroid dienone is 6. The summed E-state index contributed by atoms with van der Waals surface area (Å²) in [5.41, 5.74) is 3.75. The monoisotopic (exact) mass is 190 g/mol. The van der Waals surface area contributed by atoms with Crippen LogP contribution in [0.3, 0.4) is 0 Å². The SMILES string of the molecule is C=C/C(=C\C=C(/C)C(C)(C)C)C(=C)C. The molecule has 0 amide bonds. The average Bonchev–Trinajstić information content (AvgIpc) is 2.02. The Balaban J connectivity index is 4.85. The Bertz CT molecular complexity index is 280. The van der Waals surface area contributed by atoms with Gasteiger partial charge in [-0.05, 0) is 24.8 Å². The summed E-state index contributed by atoms with van der Waals surface area (Å²) < 4.78 is 0. The number of hydrogen-bond acceptors (Lipinski definition) is 0. The van der Waals surface area contributed by atoms with Crippen LogP contribution in [0.5, 0.6) is 0 Å². The molecule has 0 spiro atoms. The number of rotatable bonds is 3. The molecule has 0 aliphatic rings. The molecule has 0 aliphatic carbocycles. The second-order valence-corrected chi connectivity index (χ2v) is 4.71. The molecule has 0 aromatic heterocycles. The maximum absolute atomic E-state index is 3.90. The van der Waals surface area contributed by atoms with Crippen molar-refractivity contribution >= 4 is 0 Å². The lowest BCUT2D eigenvalue weighted by atomic mass is 9.87. The lowest BCUT2D eigenvalue weighted by Gasteiger charge is -2.18. The second kappa shape index (κ2) is 4.99. The van der Waals surface area contributed by atoms with Crippen LogP contribution in [0, 0.1) is 5.41 Å². The molecule has 0 nitrogen and oxygen atoms in total. The highest BCUT2D eigenvalue weighted by atomic mass is 14.2. The summed E-state index contributed by atoms with van der Waals surface area (Å²) in [6, 6.07) is 0. The lowest BCUT2D eigenvalue weighted by molar-refractivity contribution is 0.504. The van der Waals surface area contributed by atoms with E-state index in [4.69, 9.17) is 0 Å². The van der Waals surface area contributed by atoms with Gasteiger partial charge in [0, 0.05) is 0 Å². The summed E-state index contributed by atoms with van der Waals surface area (Å²) in [6.45, 7) is 18.4. The van der Waals surface area contributed by atoms with Gasteiger partial charge in [0.1, 0.15) is 0 Å². The van der Waals surface area contributed by atoms with Crippen LogP contribution in [0.25, 0.3) is 0 Å². The molecule has 0 rings (SSSR count). The van der Waals surface area contributed by atoms with Gasteiger partial charge in [-0.15, -0.1) is 0 Å². The van der Waals surface area contributed by atoms with Gasteiger partial charge in [0.05, 0.1) is 0 Å². The van der Waals surface area contributed by atoms with Crippen LogP contribution in [0.4, 0.5) is 0 Å². The van der Waals surface area contributed by atoms with Crippen LogP contribution in [0.1, 0.15) is 34.6 Å². The van der Waals surface area contributed by atoms with Crippen molar-refractivity contribution in [2.75, 3.05) is 0 Å². The van der Waals surface area contributed by atoms with Crippen molar-refractivity contribution in [3.63, 3.8) is 0 Å². The van der Waals surface area contributed by atoms with Gasteiger partial charge in [0.15, 0.2) is 0 Å². The molecule has 0 atom stereocenters. The molecule has 78 valence electrons. The van der Waals surface area contributed by atoms with E-state index in [-0.39, 0.29) is 5.41 Å². The van der Waals surface area contributed by atoms with Crippen molar-refractivity contribution in [1.29, 1.82) is 0 Å². The zero-order chi connectivity index (χ0) is 11.4. The first kappa shape index (κ1) is 13.0. The second-order valence-electron chi connectivity index (χ2n) is 4.71. The lowest BCUT2D eigenvalue weighted by Crippen LogP contribution is -2.05. The molecule has 0 fully saturated rings. The molecule has 0 heteroatoms. The third-order valence-corrected chi connectivity index (χ3v) is 2.41. The fourth-order valence-electron chi connectivity index (χ4n) is 0.849. The molecule has 0 bridgehead atoms. The van der Waals surface area contributed by atoms with Crippen molar-refractivity contribution < 1.29 is 0 Å². The minimum Gasteiger partial charge on any atom is -0.0985 e. The minimum absolute atomic E-state index is 0.234. The third-order valence-electron chi connectivity index (χ3n) is 2.41. The summed E-state index contributed by atoms with van der Waals surface area (Å²) in [5, 5.41) is 0. The fourth-order valence-corrected chi connectivity index (χ4v) is 0.849. The van der Waals surface area contributed by atoms with Crippen LogP contribution in [-0.2, 0) is 0 Å². The zero-order valence-corrected chi connectivity index (χ0v) is 10.1. The van der Waals surface area contributed by atoms with Crippen molar-refractivity contribution in [3.05, 3.63) is 48.1 Å². The summed E-state index contributed by atoms with van der Waals surface area (Å²) in [7, 11) is 0. The van der Waals surface area contributed by atoms with E-state index in [0.717, 1.165) is 11.1 Å². The highest BCUT2D eigenvalue weighted by Gasteiger charge is 2.10. The van der Waals surface area contributed by atoms with Crippen LogP contribution in [0.2, 0.25) is 0 Å². The summed E-state index contributed by atoms with van der Waals surface area (Å²) in [6.07, 6.45) is 6.07. The fraction of sp³-hybridized carbons (Fsp3) is 0.429. The number of hydrogen-bond donors (Lipinski definition) is 0. The van der Waals surface area contributed by atoms with Crippen LogP contribution < -0.4 is 0 Å². The van der Waals surface area contributed by atoms with Gasteiger partial charge in [-0.2, -0.15) is 0 Å². The van der Waals surface area contributed by atoms with Crippen molar-refractivity contribution in [1.82, 2.24) is 0 Å². The van der Waals surface area contributed by atoms with Gasteiger partial charge in [-0.1, -0.05) is 63.3 Å². The normalized spacial score (nSPS) is 14.1. The van der Waals surface area contributed by atoms with Gasteiger partial charge in [-0.3, -0.25) is 0 Å². The van der Waals surface area contributed by atoms with Crippen LogP contribution in [0.15, 0.2) is 48.1 Å². The Kier molecular flexibility index (Phi) is 4.62. The van der Waals surface area contributed by atoms with Gasteiger partial charge >= 0.3 is 0 Å². The van der Waals surface area contributed by atoms with Crippen molar-refractivity contribution in [2.24, 2.45) is 5.41 Å². The largest absolute Gasteiger partial charge is 0.0985 e. The predicted octanol–water partition coefficient (Wildman–Crippen LogP) is 4.67.